The smallest absolute Gasteiger partial charge is 0.306 e. The lowest BCUT2D eigenvalue weighted by molar-refractivity contribution is -0.167. The van der Waals surface area contributed by atoms with Gasteiger partial charge in [-0.25, -0.2) is 0 Å². The van der Waals surface area contributed by atoms with E-state index in [1.807, 2.05) is 0 Å². The summed E-state index contributed by atoms with van der Waals surface area (Å²) in [5.41, 5.74) is 0. The molecule has 0 aromatic heterocycles. The van der Waals surface area contributed by atoms with E-state index in [2.05, 4.69) is 167 Å². The Balaban J connectivity index is 4.48. The number of ether oxygens (including phenoxy) is 3. The minimum atomic E-state index is -0.810. The molecule has 1 atom stereocenters. The Morgan fingerprint density at radius 3 is 0.785 bits per heavy atom. The second kappa shape index (κ2) is 65.8. The summed E-state index contributed by atoms with van der Waals surface area (Å²) in [6.07, 6.45) is 94.2. The molecule has 0 aliphatic rings. The van der Waals surface area contributed by atoms with Crippen molar-refractivity contribution in [1.29, 1.82) is 0 Å². The van der Waals surface area contributed by atoms with Crippen LogP contribution in [0.2, 0.25) is 0 Å². The van der Waals surface area contributed by atoms with E-state index in [1.165, 1.54) is 83.5 Å². The van der Waals surface area contributed by atoms with Gasteiger partial charge in [0.25, 0.3) is 0 Å². The average Bonchev–Trinajstić information content (AvgIpc) is 3.45. The molecule has 0 amide bonds. The molecular formula is C73H118O6. The van der Waals surface area contributed by atoms with Crippen molar-refractivity contribution in [1.82, 2.24) is 0 Å². The van der Waals surface area contributed by atoms with Crippen LogP contribution in [0.1, 0.15) is 278 Å². The van der Waals surface area contributed by atoms with Crippen molar-refractivity contribution in [2.45, 2.75) is 284 Å². The Bertz CT molecular complexity index is 1730. The largest absolute Gasteiger partial charge is 0.462 e. The summed E-state index contributed by atoms with van der Waals surface area (Å²) >= 11 is 0. The van der Waals surface area contributed by atoms with Crippen LogP contribution in [0, 0.1) is 0 Å². The fourth-order valence-corrected chi connectivity index (χ4v) is 8.53. The van der Waals surface area contributed by atoms with Crippen molar-refractivity contribution in [3.8, 4) is 0 Å². The van der Waals surface area contributed by atoms with E-state index < -0.39 is 6.10 Å². The molecule has 446 valence electrons. The highest BCUT2D eigenvalue weighted by Gasteiger charge is 2.19. The van der Waals surface area contributed by atoms with E-state index in [-0.39, 0.29) is 31.1 Å². The molecular weight excluding hydrogens is 973 g/mol. The summed E-state index contributed by atoms with van der Waals surface area (Å²) in [4.78, 5) is 38.4. The zero-order valence-corrected chi connectivity index (χ0v) is 51.1. The lowest BCUT2D eigenvalue weighted by atomic mass is 10.1. The number of carbonyl (C=O) groups is 3. The van der Waals surface area contributed by atoms with Gasteiger partial charge >= 0.3 is 17.9 Å². The Hall–Kier alpha value is -4.71. The molecule has 0 N–H and O–H groups in total. The van der Waals surface area contributed by atoms with Gasteiger partial charge in [0.1, 0.15) is 13.2 Å². The summed E-state index contributed by atoms with van der Waals surface area (Å²) in [6, 6.07) is 0. The maximum Gasteiger partial charge on any atom is 0.306 e. The molecule has 0 spiro atoms. The van der Waals surface area contributed by atoms with Gasteiger partial charge < -0.3 is 14.2 Å². The average molecular weight is 1090 g/mol. The minimum Gasteiger partial charge on any atom is -0.462 e. The molecule has 0 aliphatic carbocycles. The number of allylic oxidation sites excluding steroid dienone is 24. The third-order valence-corrected chi connectivity index (χ3v) is 13.3. The van der Waals surface area contributed by atoms with Gasteiger partial charge in [-0.05, 0) is 141 Å². The van der Waals surface area contributed by atoms with Crippen LogP contribution in [0.15, 0.2) is 146 Å². The highest BCUT2D eigenvalue weighted by molar-refractivity contribution is 5.71. The first-order chi connectivity index (χ1) is 39.0. The van der Waals surface area contributed by atoms with Crippen molar-refractivity contribution in [3.63, 3.8) is 0 Å². The number of rotatable bonds is 57. The molecule has 0 aliphatic heterocycles. The summed E-state index contributed by atoms with van der Waals surface area (Å²) < 4.78 is 16.9. The standard InChI is InChI=1S/C73H118O6/c1-4-7-10-13-16-19-22-25-28-30-32-34-35-36-37-39-40-42-45-48-51-54-57-60-63-66-72(75)78-69-70(68-77-71(74)65-62-59-56-53-50-47-44-27-24-21-18-15-12-9-6-3)79-73(76)67-64-61-58-55-52-49-46-43-41-38-33-31-29-26-23-20-17-14-11-8-5-2/h7,9-10,12,16,18-19,21,23,25-28,31-34,36-37,40,42,44,48,51,70H,4-6,8,11,13-15,17,20,22,24,29-30,35,38-39,41,43,45-47,49-50,52-69H2,1-3H3/b10-7-,12-9-,19-16-,21-18-,26-23-,28-25-,33-31-,34-32-,37-36-,42-40-,44-27-,51-48-. The van der Waals surface area contributed by atoms with E-state index in [9.17, 15) is 14.4 Å². The van der Waals surface area contributed by atoms with Crippen LogP contribution in [-0.4, -0.2) is 37.2 Å². The molecule has 1 unspecified atom stereocenters. The van der Waals surface area contributed by atoms with Crippen molar-refractivity contribution in [2.24, 2.45) is 0 Å². The first-order valence-electron chi connectivity index (χ1n) is 32.3. The lowest BCUT2D eigenvalue weighted by Gasteiger charge is -2.18. The van der Waals surface area contributed by atoms with Gasteiger partial charge in [-0.15, -0.1) is 0 Å². The zero-order chi connectivity index (χ0) is 57.1. The van der Waals surface area contributed by atoms with Gasteiger partial charge in [0.05, 0.1) is 0 Å². The maximum absolute atomic E-state index is 12.9. The van der Waals surface area contributed by atoms with Gasteiger partial charge in [-0.2, -0.15) is 0 Å². The third-order valence-electron chi connectivity index (χ3n) is 13.3. The number of esters is 3. The van der Waals surface area contributed by atoms with Crippen LogP contribution < -0.4 is 0 Å². The molecule has 0 saturated carbocycles. The van der Waals surface area contributed by atoms with Crippen LogP contribution in [0.3, 0.4) is 0 Å². The van der Waals surface area contributed by atoms with Crippen LogP contribution in [0.4, 0.5) is 0 Å². The van der Waals surface area contributed by atoms with Crippen LogP contribution in [0.5, 0.6) is 0 Å². The van der Waals surface area contributed by atoms with Crippen molar-refractivity contribution >= 4 is 17.9 Å². The number of carbonyl (C=O) groups excluding carboxylic acids is 3. The Labute approximate surface area is 487 Å². The molecule has 0 aromatic carbocycles. The van der Waals surface area contributed by atoms with Crippen LogP contribution >= 0.6 is 0 Å². The Kier molecular flexibility index (Phi) is 61.9. The predicted molar refractivity (Wildman–Crippen MR) is 343 cm³/mol. The van der Waals surface area contributed by atoms with Crippen LogP contribution in [-0.2, 0) is 28.6 Å². The van der Waals surface area contributed by atoms with E-state index in [0.717, 1.165) is 154 Å². The Morgan fingerprint density at radius 2 is 0.494 bits per heavy atom. The van der Waals surface area contributed by atoms with Gasteiger partial charge in [-0.3, -0.25) is 14.4 Å². The minimum absolute atomic E-state index is 0.105. The second-order valence-electron chi connectivity index (χ2n) is 20.9. The van der Waals surface area contributed by atoms with E-state index in [0.29, 0.717) is 19.3 Å². The number of hydrogen-bond acceptors (Lipinski definition) is 6. The lowest BCUT2D eigenvalue weighted by Crippen LogP contribution is -2.30. The molecule has 6 nitrogen and oxygen atoms in total. The first kappa shape index (κ1) is 74.3. The topological polar surface area (TPSA) is 78.9 Å². The molecule has 0 fully saturated rings. The van der Waals surface area contributed by atoms with E-state index in [4.69, 9.17) is 14.2 Å². The highest BCUT2D eigenvalue weighted by Crippen LogP contribution is 2.15. The fraction of sp³-hybridized carbons (Fsp3) is 0.630. The molecule has 0 heterocycles. The van der Waals surface area contributed by atoms with Gasteiger partial charge in [0, 0.05) is 19.3 Å². The summed E-state index contributed by atoms with van der Waals surface area (Å²) in [5.74, 6) is -0.957. The third kappa shape index (κ3) is 64.0. The molecule has 6 heteroatoms. The van der Waals surface area contributed by atoms with Crippen molar-refractivity contribution < 1.29 is 28.6 Å². The van der Waals surface area contributed by atoms with Gasteiger partial charge in [0.15, 0.2) is 6.10 Å². The van der Waals surface area contributed by atoms with Gasteiger partial charge in [0.2, 0.25) is 0 Å². The zero-order valence-electron chi connectivity index (χ0n) is 51.1. The SMILES string of the molecule is CC/C=C\C/C=C\C/C=C\C/C=C\C/C=C\C/C=C\C/C=C\CCCCCC(=O)OCC(COC(=O)CCCCCCC/C=C\C/C=C\C/C=C\CC)OC(=O)CCCCCCCCCCC/C=C\C/C=C\CCCCCCC. The van der Waals surface area contributed by atoms with Crippen LogP contribution in [0.25, 0.3) is 0 Å². The quantitative estimate of drug-likeness (QED) is 0.0261. The molecule has 0 bridgehead atoms. The number of hydrogen-bond donors (Lipinski definition) is 0. The number of unbranched alkanes of at least 4 members (excludes halogenated alkanes) is 22. The second-order valence-corrected chi connectivity index (χ2v) is 20.9. The first-order valence-corrected chi connectivity index (χ1v) is 32.3. The molecule has 79 heavy (non-hydrogen) atoms. The normalized spacial score (nSPS) is 13.1. The molecule has 0 rings (SSSR count). The summed E-state index contributed by atoms with van der Waals surface area (Å²) in [6.45, 7) is 6.36. The monoisotopic (exact) mass is 1090 g/mol. The van der Waals surface area contributed by atoms with Gasteiger partial charge in [-0.1, -0.05) is 263 Å². The maximum atomic E-state index is 12.9. The van der Waals surface area contributed by atoms with Crippen molar-refractivity contribution in [3.05, 3.63) is 146 Å². The molecule has 0 aromatic rings. The highest BCUT2D eigenvalue weighted by atomic mass is 16.6. The van der Waals surface area contributed by atoms with E-state index >= 15 is 0 Å². The Morgan fingerprint density at radius 1 is 0.266 bits per heavy atom. The van der Waals surface area contributed by atoms with E-state index in [1.54, 1.807) is 0 Å². The summed E-state index contributed by atoms with van der Waals surface area (Å²) in [7, 11) is 0. The van der Waals surface area contributed by atoms with Crippen molar-refractivity contribution in [2.75, 3.05) is 13.2 Å². The predicted octanol–water partition coefficient (Wildman–Crippen LogP) is 22.3. The molecule has 0 radical (unpaired) electrons. The summed E-state index contributed by atoms with van der Waals surface area (Å²) in [5, 5.41) is 0. The fourth-order valence-electron chi connectivity index (χ4n) is 8.53. The molecule has 0 saturated heterocycles.